The Bertz CT molecular complexity index is 369. The Balaban J connectivity index is 2.57. The number of hydrogen-bond donors (Lipinski definition) is 2. The molecule has 7 heteroatoms. The van der Waals surface area contributed by atoms with Gasteiger partial charge in [0.05, 0.1) is 0 Å². The molecule has 1 heterocycles. The normalized spacial score (nSPS) is 22.6. The summed E-state index contributed by atoms with van der Waals surface area (Å²) in [5.74, 6) is 0.420. The topological polar surface area (TPSA) is 61.4 Å². The monoisotopic (exact) mass is 309 g/mol. The lowest BCUT2D eigenvalue weighted by Gasteiger charge is -2.33. The van der Waals surface area contributed by atoms with Gasteiger partial charge in [0.25, 0.3) is 10.2 Å². The summed E-state index contributed by atoms with van der Waals surface area (Å²) in [5.41, 5.74) is 0. The molecule has 1 fully saturated rings. The molecule has 0 aromatic carbocycles. The molecule has 0 amide bonds. The van der Waals surface area contributed by atoms with Gasteiger partial charge in [-0.2, -0.15) is 24.5 Å². The second-order valence-corrected chi connectivity index (χ2v) is 8.98. The maximum absolute atomic E-state index is 12.3. The van der Waals surface area contributed by atoms with E-state index in [1.54, 1.807) is 16.1 Å². The van der Waals surface area contributed by atoms with E-state index in [0.29, 0.717) is 25.6 Å². The van der Waals surface area contributed by atoms with Gasteiger partial charge in [-0.05, 0) is 52.5 Å². The van der Waals surface area contributed by atoms with Gasteiger partial charge in [-0.15, -0.1) is 0 Å². The molecule has 0 spiro atoms. The Labute approximate surface area is 122 Å². The second-order valence-electron chi connectivity index (χ2n) is 5.71. The number of piperidine rings is 1. The highest BCUT2D eigenvalue weighted by molar-refractivity contribution is 8.00. The SMILES string of the molecule is CNCC1CCCN(S(=O)(=O)NCC(C)(C)SC)C1. The average molecular weight is 310 g/mol. The Morgan fingerprint density at radius 1 is 1.42 bits per heavy atom. The molecular weight excluding hydrogens is 282 g/mol. The molecule has 0 saturated carbocycles. The predicted octanol–water partition coefficient (Wildman–Crippen LogP) is 0.894. The summed E-state index contributed by atoms with van der Waals surface area (Å²) in [5, 5.41) is 3.13. The molecule has 1 unspecified atom stereocenters. The fourth-order valence-corrected chi connectivity index (χ4v) is 3.94. The number of thioether (sulfide) groups is 1. The van der Waals surface area contributed by atoms with Crippen LogP contribution in [0.5, 0.6) is 0 Å². The summed E-state index contributed by atoms with van der Waals surface area (Å²) >= 11 is 1.67. The van der Waals surface area contributed by atoms with E-state index >= 15 is 0 Å². The number of rotatable bonds is 7. The van der Waals surface area contributed by atoms with E-state index in [0.717, 1.165) is 19.4 Å². The van der Waals surface area contributed by atoms with Crippen LogP contribution < -0.4 is 10.0 Å². The van der Waals surface area contributed by atoms with Crippen LogP contribution in [0.2, 0.25) is 0 Å². The first kappa shape index (κ1) is 17.2. The van der Waals surface area contributed by atoms with Gasteiger partial charge < -0.3 is 5.32 Å². The third-order valence-corrected chi connectivity index (χ3v) is 6.32. The molecule has 5 nitrogen and oxygen atoms in total. The Hall–Kier alpha value is 0.180. The summed E-state index contributed by atoms with van der Waals surface area (Å²) < 4.78 is 28.8. The first-order valence-corrected chi connectivity index (χ1v) is 9.42. The third-order valence-electron chi connectivity index (χ3n) is 3.55. The first-order valence-electron chi connectivity index (χ1n) is 6.75. The van der Waals surface area contributed by atoms with Crippen molar-refractivity contribution in [2.24, 2.45) is 5.92 Å². The van der Waals surface area contributed by atoms with Gasteiger partial charge in [-0.25, -0.2) is 4.72 Å². The smallest absolute Gasteiger partial charge is 0.279 e. The quantitative estimate of drug-likeness (QED) is 0.733. The largest absolute Gasteiger partial charge is 0.319 e. The van der Waals surface area contributed by atoms with Crippen LogP contribution in [-0.4, -0.2) is 57.0 Å². The van der Waals surface area contributed by atoms with E-state index in [1.807, 2.05) is 27.2 Å². The minimum atomic E-state index is -3.34. The van der Waals surface area contributed by atoms with E-state index in [-0.39, 0.29) is 4.75 Å². The van der Waals surface area contributed by atoms with Gasteiger partial charge in [0.15, 0.2) is 0 Å². The maximum atomic E-state index is 12.3. The fourth-order valence-electron chi connectivity index (χ4n) is 2.13. The van der Waals surface area contributed by atoms with Crippen LogP contribution in [0.25, 0.3) is 0 Å². The zero-order chi connectivity index (χ0) is 14.5. The van der Waals surface area contributed by atoms with Crippen LogP contribution in [-0.2, 0) is 10.2 Å². The molecule has 0 aromatic rings. The molecule has 2 N–H and O–H groups in total. The lowest BCUT2D eigenvalue weighted by atomic mass is 10.00. The Morgan fingerprint density at radius 2 is 2.11 bits per heavy atom. The summed E-state index contributed by atoms with van der Waals surface area (Å²) in [6.07, 6.45) is 4.04. The Morgan fingerprint density at radius 3 is 2.68 bits per heavy atom. The minimum absolute atomic E-state index is 0.0762. The van der Waals surface area contributed by atoms with Crippen LogP contribution in [0.15, 0.2) is 0 Å². The van der Waals surface area contributed by atoms with Gasteiger partial charge in [0, 0.05) is 24.4 Å². The minimum Gasteiger partial charge on any atom is -0.319 e. The maximum Gasteiger partial charge on any atom is 0.279 e. The van der Waals surface area contributed by atoms with Crippen molar-refractivity contribution < 1.29 is 8.42 Å². The highest BCUT2D eigenvalue weighted by Crippen LogP contribution is 2.21. The average Bonchev–Trinajstić information content (AvgIpc) is 2.38. The molecule has 0 bridgehead atoms. The van der Waals surface area contributed by atoms with E-state index in [1.165, 1.54) is 0 Å². The second kappa shape index (κ2) is 7.26. The number of hydrogen-bond acceptors (Lipinski definition) is 4. The van der Waals surface area contributed by atoms with Gasteiger partial charge in [-0.3, -0.25) is 0 Å². The summed E-state index contributed by atoms with van der Waals surface area (Å²) in [6.45, 7) is 6.68. The summed E-state index contributed by atoms with van der Waals surface area (Å²) in [4.78, 5) is 0. The van der Waals surface area contributed by atoms with Gasteiger partial charge in [-0.1, -0.05) is 0 Å². The molecule has 1 aliphatic rings. The van der Waals surface area contributed by atoms with Crippen LogP contribution in [0.4, 0.5) is 0 Å². The molecule has 1 saturated heterocycles. The van der Waals surface area contributed by atoms with Gasteiger partial charge in [0.1, 0.15) is 0 Å². The molecule has 114 valence electrons. The predicted molar refractivity (Wildman–Crippen MR) is 82.7 cm³/mol. The van der Waals surface area contributed by atoms with Crippen molar-refractivity contribution in [3.05, 3.63) is 0 Å². The zero-order valence-electron chi connectivity index (χ0n) is 12.4. The number of nitrogens with zero attached hydrogens (tertiary/aromatic N) is 1. The molecule has 0 aliphatic carbocycles. The fraction of sp³-hybridized carbons (Fsp3) is 1.00. The van der Waals surface area contributed by atoms with Crippen molar-refractivity contribution in [2.75, 3.05) is 39.5 Å². The van der Waals surface area contributed by atoms with Crippen molar-refractivity contribution in [3.63, 3.8) is 0 Å². The van der Waals surface area contributed by atoms with Crippen LogP contribution >= 0.6 is 11.8 Å². The van der Waals surface area contributed by atoms with Crippen LogP contribution in [0.3, 0.4) is 0 Å². The molecule has 1 rings (SSSR count). The zero-order valence-corrected chi connectivity index (χ0v) is 14.0. The molecule has 0 radical (unpaired) electrons. The molecule has 19 heavy (non-hydrogen) atoms. The van der Waals surface area contributed by atoms with Crippen molar-refractivity contribution >= 4 is 22.0 Å². The van der Waals surface area contributed by atoms with Crippen molar-refractivity contribution in [1.82, 2.24) is 14.3 Å². The van der Waals surface area contributed by atoms with Crippen molar-refractivity contribution in [2.45, 2.75) is 31.4 Å². The van der Waals surface area contributed by atoms with E-state index in [9.17, 15) is 8.42 Å². The standard InChI is InChI=1S/C12H27N3O2S2/c1-12(2,18-4)10-14-19(16,17)15-7-5-6-11(9-15)8-13-3/h11,13-14H,5-10H2,1-4H3. The van der Waals surface area contributed by atoms with Crippen molar-refractivity contribution in [1.29, 1.82) is 0 Å². The van der Waals surface area contributed by atoms with E-state index in [2.05, 4.69) is 10.0 Å². The van der Waals surface area contributed by atoms with Crippen molar-refractivity contribution in [3.8, 4) is 0 Å². The highest BCUT2D eigenvalue weighted by atomic mass is 32.2. The van der Waals surface area contributed by atoms with Crippen LogP contribution in [0.1, 0.15) is 26.7 Å². The number of nitrogens with one attached hydrogen (secondary N) is 2. The third kappa shape index (κ3) is 5.59. The molecular formula is C12H27N3O2S2. The molecule has 0 aromatic heterocycles. The summed E-state index contributed by atoms with van der Waals surface area (Å²) in [6, 6.07) is 0. The lowest BCUT2D eigenvalue weighted by molar-refractivity contribution is 0.260. The van der Waals surface area contributed by atoms with E-state index in [4.69, 9.17) is 0 Å². The highest BCUT2D eigenvalue weighted by Gasteiger charge is 2.29. The van der Waals surface area contributed by atoms with Crippen LogP contribution in [0, 0.1) is 5.92 Å². The molecule has 1 atom stereocenters. The van der Waals surface area contributed by atoms with Gasteiger partial charge >= 0.3 is 0 Å². The summed E-state index contributed by atoms with van der Waals surface area (Å²) in [7, 11) is -1.43. The first-order chi connectivity index (χ1) is 8.80. The van der Waals surface area contributed by atoms with Gasteiger partial charge in [0.2, 0.25) is 0 Å². The Kier molecular flexibility index (Phi) is 6.59. The molecule has 1 aliphatic heterocycles. The lowest BCUT2D eigenvalue weighted by Crippen LogP contribution is -2.49. The van der Waals surface area contributed by atoms with E-state index < -0.39 is 10.2 Å².